The van der Waals surface area contributed by atoms with Gasteiger partial charge in [-0.05, 0) is 26.0 Å². The minimum atomic E-state index is 0.747. The number of rotatable bonds is 2. The number of hydrogen-bond donors (Lipinski definition) is 1. The van der Waals surface area contributed by atoms with E-state index < -0.39 is 0 Å². The molecule has 0 aromatic rings. The largest absolute Gasteiger partial charge is 0.357 e. The summed E-state index contributed by atoms with van der Waals surface area (Å²) in [5.74, 6) is 0. The van der Waals surface area contributed by atoms with Crippen LogP contribution < -0.4 is 5.32 Å². The number of halogens is 1. The third-order valence-corrected chi connectivity index (χ3v) is 0.953. The maximum Gasteiger partial charge on any atom is 0.0761 e. The van der Waals surface area contributed by atoms with E-state index in [0.717, 1.165) is 10.0 Å². The standard InChI is InChI=1S/C7H10ClNS/c1-6(8)4-3-5-9-7(2)10/h3-5H,1-2H3,(H,9,10)/b5-3+,6-4+. The van der Waals surface area contributed by atoms with Crippen LogP contribution in [-0.2, 0) is 0 Å². The fourth-order valence-corrected chi connectivity index (χ4v) is 0.487. The van der Waals surface area contributed by atoms with E-state index in [1.54, 1.807) is 18.4 Å². The van der Waals surface area contributed by atoms with E-state index >= 15 is 0 Å². The molecule has 0 unspecified atom stereocenters. The highest BCUT2D eigenvalue weighted by Crippen LogP contribution is 1.96. The molecule has 56 valence electrons. The molecule has 0 heterocycles. The van der Waals surface area contributed by atoms with Gasteiger partial charge in [-0.15, -0.1) is 0 Å². The van der Waals surface area contributed by atoms with Crippen molar-refractivity contribution in [3.05, 3.63) is 23.4 Å². The number of hydrogen-bond acceptors (Lipinski definition) is 1. The van der Waals surface area contributed by atoms with Crippen molar-refractivity contribution in [2.45, 2.75) is 13.8 Å². The van der Waals surface area contributed by atoms with E-state index in [2.05, 4.69) is 5.32 Å². The molecule has 0 saturated carbocycles. The fourth-order valence-electron chi connectivity index (χ4n) is 0.346. The van der Waals surface area contributed by atoms with Crippen molar-refractivity contribution in [3.63, 3.8) is 0 Å². The topological polar surface area (TPSA) is 12.0 Å². The van der Waals surface area contributed by atoms with Crippen LogP contribution in [0.3, 0.4) is 0 Å². The second-order valence-electron chi connectivity index (χ2n) is 1.81. The second kappa shape index (κ2) is 5.45. The molecule has 1 N–H and O–H groups in total. The summed E-state index contributed by atoms with van der Waals surface area (Å²) in [5, 5.41) is 3.60. The van der Waals surface area contributed by atoms with Gasteiger partial charge in [-0.25, -0.2) is 0 Å². The zero-order valence-electron chi connectivity index (χ0n) is 6.02. The molecule has 0 aliphatic heterocycles. The zero-order valence-corrected chi connectivity index (χ0v) is 7.59. The quantitative estimate of drug-likeness (QED) is 0.512. The van der Waals surface area contributed by atoms with Crippen molar-refractivity contribution < 1.29 is 0 Å². The van der Waals surface area contributed by atoms with Gasteiger partial charge >= 0.3 is 0 Å². The van der Waals surface area contributed by atoms with Gasteiger partial charge in [0, 0.05) is 11.2 Å². The molecule has 3 heteroatoms. The SMILES string of the molecule is CC(=S)N/C=C/C=C(\C)Cl. The first-order valence-electron chi connectivity index (χ1n) is 2.89. The van der Waals surface area contributed by atoms with Gasteiger partial charge in [0.05, 0.1) is 4.99 Å². The van der Waals surface area contributed by atoms with Gasteiger partial charge in [0.2, 0.25) is 0 Å². The summed E-state index contributed by atoms with van der Waals surface area (Å²) >= 11 is 10.3. The number of thiocarbonyl (C=S) groups is 1. The van der Waals surface area contributed by atoms with Gasteiger partial charge < -0.3 is 5.32 Å². The van der Waals surface area contributed by atoms with E-state index in [0.29, 0.717) is 0 Å². The lowest BCUT2D eigenvalue weighted by atomic mass is 10.5. The lowest BCUT2D eigenvalue weighted by Gasteiger charge is -1.90. The molecule has 10 heavy (non-hydrogen) atoms. The Balaban J connectivity index is 3.58. The molecule has 0 bridgehead atoms. The lowest BCUT2D eigenvalue weighted by molar-refractivity contribution is 1.30. The van der Waals surface area contributed by atoms with Crippen molar-refractivity contribution in [3.8, 4) is 0 Å². The summed E-state index contributed by atoms with van der Waals surface area (Å²) < 4.78 is 0. The Hall–Kier alpha value is -0.340. The normalized spacial score (nSPS) is 12.1. The average Bonchev–Trinajstić information content (AvgIpc) is 1.79. The first-order chi connectivity index (χ1) is 4.63. The Bertz CT molecular complexity index is 168. The van der Waals surface area contributed by atoms with Crippen LogP contribution in [0.5, 0.6) is 0 Å². The van der Waals surface area contributed by atoms with E-state index in [4.69, 9.17) is 23.8 Å². The van der Waals surface area contributed by atoms with Crippen molar-refractivity contribution in [1.29, 1.82) is 0 Å². The van der Waals surface area contributed by atoms with E-state index in [1.807, 2.05) is 13.8 Å². The Morgan fingerprint density at radius 2 is 2.10 bits per heavy atom. The molecule has 1 nitrogen and oxygen atoms in total. The molecule has 0 fully saturated rings. The van der Waals surface area contributed by atoms with Gasteiger partial charge in [-0.1, -0.05) is 23.8 Å². The van der Waals surface area contributed by atoms with Crippen molar-refractivity contribution in [1.82, 2.24) is 5.32 Å². The van der Waals surface area contributed by atoms with Crippen LogP contribution in [0.4, 0.5) is 0 Å². The first-order valence-corrected chi connectivity index (χ1v) is 3.67. The summed E-state index contributed by atoms with van der Waals surface area (Å²) in [5.41, 5.74) is 0. The van der Waals surface area contributed by atoms with Crippen molar-refractivity contribution in [2.75, 3.05) is 0 Å². The highest BCUT2D eigenvalue weighted by molar-refractivity contribution is 7.80. The summed E-state index contributed by atoms with van der Waals surface area (Å²) in [7, 11) is 0. The first kappa shape index (κ1) is 9.66. The molecule has 0 saturated heterocycles. The Morgan fingerprint density at radius 1 is 1.50 bits per heavy atom. The van der Waals surface area contributed by atoms with Crippen LogP contribution in [0.1, 0.15) is 13.8 Å². The molecule has 0 amide bonds. The molecule has 0 aromatic heterocycles. The predicted octanol–water partition coefficient (Wildman–Crippen LogP) is 2.58. The predicted molar refractivity (Wildman–Crippen MR) is 50.2 cm³/mol. The van der Waals surface area contributed by atoms with Crippen LogP contribution in [0.2, 0.25) is 0 Å². The monoisotopic (exact) mass is 175 g/mol. The van der Waals surface area contributed by atoms with E-state index in [-0.39, 0.29) is 0 Å². The van der Waals surface area contributed by atoms with Gasteiger partial charge in [0.1, 0.15) is 0 Å². The summed E-state index contributed by atoms with van der Waals surface area (Å²) in [6, 6.07) is 0. The Labute approximate surface area is 71.8 Å². The molecule has 0 aromatic carbocycles. The number of nitrogens with one attached hydrogen (secondary N) is 1. The van der Waals surface area contributed by atoms with Crippen LogP contribution in [0.15, 0.2) is 23.4 Å². The maximum atomic E-state index is 5.54. The van der Waals surface area contributed by atoms with Crippen LogP contribution in [0.25, 0.3) is 0 Å². The molecule has 0 rings (SSSR count). The lowest BCUT2D eigenvalue weighted by Crippen LogP contribution is -2.08. The summed E-state index contributed by atoms with van der Waals surface area (Å²) in [6.45, 7) is 3.63. The summed E-state index contributed by atoms with van der Waals surface area (Å²) in [6.07, 6.45) is 5.33. The van der Waals surface area contributed by atoms with Gasteiger partial charge in [0.25, 0.3) is 0 Å². The molecule has 0 aliphatic carbocycles. The molecule has 0 aliphatic rings. The Kier molecular flexibility index (Phi) is 5.26. The van der Waals surface area contributed by atoms with E-state index in [9.17, 15) is 0 Å². The minimum absolute atomic E-state index is 0.747. The average molecular weight is 176 g/mol. The minimum Gasteiger partial charge on any atom is -0.357 e. The maximum absolute atomic E-state index is 5.54. The molecule has 0 atom stereocenters. The molecule has 0 spiro atoms. The van der Waals surface area contributed by atoms with E-state index in [1.165, 1.54) is 0 Å². The second-order valence-corrected chi connectivity index (χ2v) is 3.02. The van der Waals surface area contributed by atoms with Gasteiger partial charge in [-0.3, -0.25) is 0 Å². The molecular formula is C7H10ClNS. The van der Waals surface area contributed by atoms with Gasteiger partial charge in [0.15, 0.2) is 0 Å². The third-order valence-electron chi connectivity index (χ3n) is 0.709. The van der Waals surface area contributed by atoms with Gasteiger partial charge in [-0.2, -0.15) is 0 Å². The van der Waals surface area contributed by atoms with Crippen molar-refractivity contribution in [2.24, 2.45) is 0 Å². The van der Waals surface area contributed by atoms with Crippen LogP contribution in [-0.4, -0.2) is 4.99 Å². The molecular weight excluding hydrogens is 166 g/mol. The van der Waals surface area contributed by atoms with Crippen molar-refractivity contribution >= 4 is 28.8 Å². The summed E-state index contributed by atoms with van der Waals surface area (Å²) in [4.78, 5) is 0.747. The highest BCUT2D eigenvalue weighted by Gasteiger charge is 1.75. The fraction of sp³-hybridized carbons (Fsp3) is 0.286. The van der Waals surface area contributed by atoms with Crippen LogP contribution in [0, 0.1) is 0 Å². The Morgan fingerprint density at radius 3 is 2.50 bits per heavy atom. The molecule has 0 radical (unpaired) electrons. The smallest absolute Gasteiger partial charge is 0.0761 e. The third kappa shape index (κ3) is 7.66. The number of allylic oxidation sites excluding steroid dienone is 3. The highest BCUT2D eigenvalue weighted by atomic mass is 35.5. The van der Waals surface area contributed by atoms with Crippen LogP contribution >= 0.6 is 23.8 Å². The zero-order chi connectivity index (χ0) is 7.98.